The standard InChI is InChI=1S/C21H29N5O3S/c1-28-18-16-17(15(12-23-18)14-2-7-22-8-3-14)30-19(24-16)25-20(27)26-9-4-21(13-26)5-10-29-11-6-21/h12,14,22H,2-11,13H2,1H3,(H,24,25,27). The molecular weight excluding hydrogens is 402 g/mol. The third kappa shape index (κ3) is 3.74. The molecule has 1 spiro atoms. The molecule has 0 radical (unpaired) electrons. The molecule has 2 amide bonds. The van der Waals surface area contributed by atoms with Crippen molar-refractivity contribution in [2.24, 2.45) is 5.41 Å². The zero-order chi connectivity index (χ0) is 20.6. The van der Waals surface area contributed by atoms with Crippen molar-refractivity contribution >= 4 is 32.7 Å². The first-order valence-corrected chi connectivity index (χ1v) is 11.7. The third-order valence-electron chi connectivity index (χ3n) is 6.88. The summed E-state index contributed by atoms with van der Waals surface area (Å²) < 4.78 is 12.0. The van der Waals surface area contributed by atoms with Gasteiger partial charge in [-0.1, -0.05) is 11.3 Å². The van der Waals surface area contributed by atoms with Gasteiger partial charge in [-0.3, -0.25) is 5.32 Å². The Morgan fingerprint density at radius 2 is 2.13 bits per heavy atom. The molecule has 5 heterocycles. The van der Waals surface area contributed by atoms with E-state index in [2.05, 4.69) is 15.6 Å². The summed E-state index contributed by atoms with van der Waals surface area (Å²) in [5, 5.41) is 7.07. The summed E-state index contributed by atoms with van der Waals surface area (Å²) in [7, 11) is 1.61. The van der Waals surface area contributed by atoms with Gasteiger partial charge >= 0.3 is 6.03 Å². The van der Waals surface area contributed by atoms with Crippen molar-refractivity contribution in [1.82, 2.24) is 20.2 Å². The average molecular weight is 432 g/mol. The number of methoxy groups -OCH3 is 1. The number of nitrogens with zero attached hydrogens (tertiary/aromatic N) is 3. The highest BCUT2D eigenvalue weighted by Gasteiger charge is 2.41. The van der Waals surface area contributed by atoms with Gasteiger partial charge in [-0.05, 0) is 62.1 Å². The van der Waals surface area contributed by atoms with E-state index in [1.54, 1.807) is 7.11 Å². The lowest BCUT2D eigenvalue weighted by Gasteiger charge is -2.33. The van der Waals surface area contributed by atoms with E-state index in [0.717, 1.165) is 81.7 Å². The van der Waals surface area contributed by atoms with E-state index < -0.39 is 0 Å². The number of ether oxygens (including phenoxy) is 2. The molecular formula is C21H29N5O3S. The Hall–Kier alpha value is -1.97. The van der Waals surface area contributed by atoms with Crippen LogP contribution in [-0.4, -0.2) is 67.4 Å². The van der Waals surface area contributed by atoms with Crippen LogP contribution in [0.5, 0.6) is 5.88 Å². The predicted molar refractivity (Wildman–Crippen MR) is 117 cm³/mol. The molecule has 0 aromatic carbocycles. The van der Waals surface area contributed by atoms with Crippen LogP contribution in [-0.2, 0) is 4.74 Å². The maximum absolute atomic E-state index is 13.0. The number of likely N-dealkylation sites (tertiary alicyclic amines) is 1. The van der Waals surface area contributed by atoms with Gasteiger partial charge in [0.2, 0.25) is 5.88 Å². The summed E-state index contributed by atoms with van der Waals surface area (Å²) >= 11 is 1.53. The van der Waals surface area contributed by atoms with Gasteiger partial charge in [0.05, 0.1) is 11.8 Å². The van der Waals surface area contributed by atoms with Gasteiger partial charge in [0.15, 0.2) is 5.13 Å². The van der Waals surface area contributed by atoms with Gasteiger partial charge in [0, 0.05) is 32.5 Å². The van der Waals surface area contributed by atoms with Crippen LogP contribution in [0.25, 0.3) is 10.2 Å². The van der Waals surface area contributed by atoms with E-state index in [-0.39, 0.29) is 11.4 Å². The first kappa shape index (κ1) is 20.0. The second kappa shape index (κ2) is 8.28. The Labute approximate surface area is 180 Å². The molecule has 3 fully saturated rings. The number of amides is 2. The molecule has 162 valence electrons. The summed E-state index contributed by atoms with van der Waals surface area (Å²) in [6.45, 7) is 5.24. The van der Waals surface area contributed by atoms with E-state index in [1.165, 1.54) is 16.9 Å². The molecule has 0 unspecified atom stereocenters. The van der Waals surface area contributed by atoms with Crippen LogP contribution < -0.4 is 15.4 Å². The molecule has 0 bridgehead atoms. The van der Waals surface area contributed by atoms with E-state index in [1.807, 2.05) is 11.1 Å². The lowest BCUT2D eigenvalue weighted by molar-refractivity contribution is 0.0211. The summed E-state index contributed by atoms with van der Waals surface area (Å²) in [6, 6.07) is -0.0623. The smallest absolute Gasteiger partial charge is 0.323 e. The number of hydrogen-bond donors (Lipinski definition) is 2. The van der Waals surface area contributed by atoms with Gasteiger partial charge in [-0.2, -0.15) is 0 Å². The Balaban J connectivity index is 1.36. The minimum atomic E-state index is -0.0623. The Kier molecular flexibility index (Phi) is 5.51. The molecule has 9 heteroatoms. The van der Waals surface area contributed by atoms with E-state index in [9.17, 15) is 4.79 Å². The molecule has 0 saturated carbocycles. The van der Waals surface area contributed by atoms with Crippen molar-refractivity contribution in [2.75, 3.05) is 51.8 Å². The highest BCUT2D eigenvalue weighted by molar-refractivity contribution is 7.22. The third-order valence-corrected chi connectivity index (χ3v) is 7.90. The number of urea groups is 1. The zero-order valence-corrected chi connectivity index (χ0v) is 18.2. The number of piperidine rings is 1. The Morgan fingerprint density at radius 3 is 2.90 bits per heavy atom. The average Bonchev–Trinajstić information content (AvgIpc) is 3.38. The number of hydrogen-bond acceptors (Lipinski definition) is 7. The van der Waals surface area contributed by atoms with Gasteiger partial charge in [-0.25, -0.2) is 14.8 Å². The minimum Gasteiger partial charge on any atom is -0.479 e. The lowest BCUT2D eigenvalue weighted by atomic mass is 9.80. The van der Waals surface area contributed by atoms with Crippen molar-refractivity contribution in [3.8, 4) is 5.88 Å². The number of anilines is 1. The van der Waals surface area contributed by atoms with Gasteiger partial charge in [0.1, 0.15) is 5.52 Å². The maximum atomic E-state index is 13.0. The number of fused-ring (bicyclic) bond motifs is 1. The molecule has 5 rings (SSSR count). The van der Waals surface area contributed by atoms with Crippen LogP contribution in [0, 0.1) is 5.41 Å². The summed E-state index contributed by atoms with van der Waals surface area (Å²) in [5.41, 5.74) is 2.20. The van der Waals surface area contributed by atoms with Gasteiger partial charge < -0.3 is 19.7 Å². The van der Waals surface area contributed by atoms with Crippen LogP contribution in [0.1, 0.15) is 43.6 Å². The Bertz CT molecular complexity index is 921. The fraction of sp³-hybridized carbons (Fsp3) is 0.667. The number of carbonyl (C=O) groups excluding carboxylic acids is 1. The molecule has 0 atom stereocenters. The first-order valence-electron chi connectivity index (χ1n) is 10.9. The van der Waals surface area contributed by atoms with E-state index >= 15 is 0 Å². The van der Waals surface area contributed by atoms with Crippen molar-refractivity contribution in [3.63, 3.8) is 0 Å². The summed E-state index contributed by atoms with van der Waals surface area (Å²) in [5.74, 6) is 0.977. The summed E-state index contributed by atoms with van der Waals surface area (Å²) in [6.07, 6.45) is 7.24. The van der Waals surface area contributed by atoms with Crippen LogP contribution in [0.4, 0.5) is 9.93 Å². The molecule has 2 aromatic heterocycles. The quantitative estimate of drug-likeness (QED) is 0.776. The molecule has 30 heavy (non-hydrogen) atoms. The normalized spacial score (nSPS) is 22.0. The zero-order valence-electron chi connectivity index (χ0n) is 17.4. The molecule has 2 N–H and O–H groups in total. The van der Waals surface area contributed by atoms with Crippen molar-refractivity contribution < 1.29 is 14.3 Å². The predicted octanol–water partition coefficient (Wildman–Crippen LogP) is 3.20. The number of aromatic nitrogens is 2. The van der Waals surface area contributed by atoms with Crippen molar-refractivity contribution in [2.45, 2.75) is 38.0 Å². The lowest BCUT2D eigenvalue weighted by Crippen LogP contribution is -2.37. The van der Waals surface area contributed by atoms with Gasteiger partial charge in [0.25, 0.3) is 0 Å². The van der Waals surface area contributed by atoms with Gasteiger partial charge in [-0.15, -0.1) is 0 Å². The number of rotatable bonds is 3. The maximum Gasteiger partial charge on any atom is 0.323 e. The SMILES string of the molecule is COc1ncc(C2CCNCC2)c2sc(NC(=O)N3CCC4(CCOCC4)C3)nc12. The first-order chi connectivity index (χ1) is 14.7. The number of carbonyl (C=O) groups is 1. The van der Waals surface area contributed by atoms with Crippen LogP contribution >= 0.6 is 11.3 Å². The number of nitrogens with one attached hydrogen (secondary N) is 2. The van der Waals surface area contributed by atoms with E-state index in [4.69, 9.17) is 14.5 Å². The molecule has 3 saturated heterocycles. The molecule has 8 nitrogen and oxygen atoms in total. The Morgan fingerprint density at radius 1 is 1.33 bits per heavy atom. The monoisotopic (exact) mass is 431 g/mol. The minimum absolute atomic E-state index is 0.0623. The number of pyridine rings is 1. The molecule has 0 aliphatic carbocycles. The second-order valence-corrected chi connectivity index (χ2v) is 9.66. The topological polar surface area (TPSA) is 88.6 Å². The number of thiazole rings is 1. The highest BCUT2D eigenvalue weighted by Crippen LogP contribution is 2.41. The molecule has 3 aliphatic heterocycles. The van der Waals surface area contributed by atoms with Crippen LogP contribution in [0.2, 0.25) is 0 Å². The molecule has 2 aromatic rings. The fourth-order valence-corrected chi connectivity index (χ4v) is 6.06. The van der Waals surface area contributed by atoms with Crippen molar-refractivity contribution in [1.29, 1.82) is 0 Å². The largest absolute Gasteiger partial charge is 0.479 e. The molecule has 3 aliphatic rings. The van der Waals surface area contributed by atoms with Crippen molar-refractivity contribution in [3.05, 3.63) is 11.8 Å². The van der Waals surface area contributed by atoms with Crippen LogP contribution in [0.3, 0.4) is 0 Å². The second-order valence-electron chi connectivity index (χ2n) is 8.66. The van der Waals surface area contributed by atoms with E-state index in [0.29, 0.717) is 16.9 Å². The van der Waals surface area contributed by atoms with Crippen LogP contribution in [0.15, 0.2) is 6.20 Å². The highest BCUT2D eigenvalue weighted by atomic mass is 32.1. The fourth-order valence-electron chi connectivity index (χ4n) is 5.03. The summed E-state index contributed by atoms with van der Waals surface area (Å²) in [4.78, 5) is 24.1.